The first-order valence-corrected chi connectivity index (χ1v) is 6.88. The van der Waals surface area contributed by atoms with Crippen molar-refractivity contribution in [2.75, 3.05) is 6.61 Å². The molecule has 0 spiro atoms. The number of halogens is 4. The Morgan fingerprint density at radius 2 is 1.95 bits per heavy atom. The molecule has 0 radical (unpaired) electrons. The van der Waals surface area contributed by atoms with Crippen molar-refractivity contribution < 1.29 is 27.8 Å². The van der Waals surface area contributed by atoms with Crippen LogP contribution in [0.2, 0.25) is 0 Å². The second kappa shape index (κ2) is 7.07. The number of hydrogen-bond acceptors (Lipinski definition) is 3. The number of aliphatic hydroxyl groups is 1. The minimum absolute atomic E-state index is 0.0211. The number of hydrogen-bond donors (Lipinski definition) is 1. The summed E-state index contributed by atoms with van der Waals surface area (Å²) in [5.74, 6) is -0.700. The molecule has 1 atom stereocenters. The maximum Gasteiger partial charge on any atom is 0.416 e. The van der Waals surface area contributed by atoms with E-state index in [4.69, 9.17) is 4.74 Å². The number of carbonyl (C=O) groups is 1. The van der Waals surface area contributed by atoms with Crippen LogP contribution in [0.3, 0.4) is 0 Å². The number of aliphatic hydroxyl groups excluding tert-OH is 1. The van der Waals surface area contributed by atoms with Crippen LogP contribution in [0.25, 0.3) is 0 Å². The molecular formula is C13H12F3IO3. The highest BCUT2D eigenvalue weighted by atomic mass is 127. The summed E-state index contributed by atoms with van der Waals surface area (Å²) < 4.78 is 43.4. The van der Waals surface area contributed by atoms with Crippen molar-refractivity contribution in [3.63, 3.8) is 0 Å². The first-order chi connectivity index (χ1) is 9.31. The quantitative estimate of drug-likeness (QED) is 0.477. The lowest BCUT2D eigenvalue weighted by Crippen LogP contribution is -2.14. The lowest BCUT2D eigenvalue weighted by molar-refractivity contribution is -0.140. The van der Waals surface area contributed by atoms with Crippen molar-refractivity contribution in [3.05, 3.63) is 45.0 Å². The molecular weight excluding hydrogens is 388 g/mol. The fourth-order valence-corrected chi connectivity index (χ4v) is 2.06. The van der Waals surface area contributed by atoms with Gasteiger partial charge in [-0.15, -0.1) is 0 Å². The number of esters is 1. The predicted molar refractivity (Wildman–Crippen MR) is 75.1 cm³/mol. The van der Waals surface area contributed by atoms with E-state index in [1.54, 1.807) is 29.5 Å². The van der Waals surface area contributed by atoms with Crippen molar-refractivity contribution in [1.82, 2.24) is 0 Å². The van der Waals surface area contributed by atoms with Crippen LogP contribution in [0.5, 0.6) is 0 Å². The normalized spacial score (nSPS) is 14.0. The van der Waals surface area contributed by atoms with E-state index in [1.165, 1.54) is 4.08 Å². The van der Waals surface area contributed by atoms with Gasteiger partial charge in [-0.3, -0.25) is 0 Å². The summed E-state index contributed by atoms with van der Waals surface area (Å²) >= 11 is 1.76. The number of rotatable bonds is 4. The van der Waals surface area contributed by atoms with Crippen molar-refractivity contribution in [2.24, 2.45) is 0 Å². The summed E-state index contributed by atoms with van der Waals surface area (Å²) in [6.07, 6.45) is -5.76. The molecule has 0 bridgehead atoms. The maximum atomic E-state index is 12.4. The Morgan fingerprint density at radius 1 is 1.40 bits per heavy atom. The summed E-state index contributed by atoms with van der Waals surface area (Å²) in [6.45, 7) is 1.76. The van der Waals surface area contributed by atoms with Gasteiger partial charge in [-0.1, -0.05) is 34.7 Å². The average molecular weight is 400 g/mol. The van der Waals surface area contributed by atoms with E-state index in [0.29, 0.717) is 0 Å². The number of alkyl halides is 3. The Labute approximate surface area is 127 Å². The SMILES string of the molecule is CCOC(=O)/C(=C\I)C(O)c1ccc(C(F)(F)F)cc1. The van der Waals surface area contributed by atoms with Crippen molar-refractivity contribution in [2.45, 2.75) is 19.2 Å². The van der Waals surface area contributed by atoms with E-state index in [9.17, 15) is 23.1 Å². The Bertz CT molecular complexity index is 495. The van der Waals surface area contributed by atoms with Crippen LogP contribution in [0.15, 0.2) is 33.9 Å². The van der Waals surface area contributed by atoms with E-state index in [1.807, 2.05) is 0 Å². The van der Waals surface area contributed by atoms with Gasteiger partial charge in [0.05, 0.1) is 17.7 Å². The van der Waals surface area contributed by atoms with Crippen molar-refractivity contribution in [1.29, 1.82) is 0 Å². The molecule has 0 aliphatic heterocycles. The van der Waals surface area contributed by atoms with E-state index < -0.39 is 23.8 Å². The van der Waals surface area contributed by atoms with Crippen LogP contribution in [0, 0.1) is 0 Å². The molecule has 1 N–H and O–H groups in total. The lowest BCUT2D eigenvalue weighted by Gasteiger charge is -2.14. The molecule has 3 nitrogen and oxygen atoms in total. The zero-order chi connectivity index (χ0) is 15.3. The van der Waals surface area contributed by atoms with Gasteiger partial charge in [-0.25, -0.2) is 4.79 Å². The molecule has 110 valence electrons. The summed E-state index contributed by atoms with van der Waals surface area (Å²) in [6, 6.07) is 3.97. The van der Waals surface area contributed by atoms with E-state index in [0.717, 1.165) is 24.3 Å². The monoisotopic (exact) mass is 400 g/mol. The van der Waals surface area contributed by atoms with Gasteiger partial charge in [0.2, 0.25) is 0 Å². The van der Waals surface area contributed by atoms with Crippen LogP contribution in [-0.4, -0.2) is 17.7 Å². The Balaban J connectivity index is 2.97. The van der Waals surface area contributed by atoms with Gasteiger partial charge < -0.3 is 9.84 Å². The average Bonchev–Trinajstić information content (AvgIpc) is 2.39. The Morgan fingerprint density at radius 3 is 2.35 bits per heavy atom. The van der Waals surface area contributed by atoms with Crippen molar-refractivity contribution >= 4 is 28.6 Å². The number of benzene rings is 1. The Hall–Kier alpha value is -1.09. The fourth-order valence-electron chi connectivity index (χ4n) is 1.46. The maximum absolute atomic E-state index is 12.4. The summed E-state index contributed by atoms with van der Waals surface area (Å²) in [5, 5.41) is 10.0. The van der Waals surface area contributed by atoms with Crippen LogP contribution >= 0.6 is 22.6 Å². The Kier molecular flexibility index (Phi) is 6.00. The highest BCUT2D eigenvalue weighted by Gasteiger charge is 2.30. The molecule has 0 heterocycles. The van der Waals surface area contributed by atoms with Crippen molar-refractivity contribution in [3.8, 4) is 0 Å². The topological polar surface area (TPSA) is 46.5 Å². The molecule has 0 aliphatic carbocycles. The van der Waals surface area contributed by atoms with Gasteiger partial charge in [-0.2, -0.15) is 13.2 Å². The zero-order valence-corrected chi connectivity index (χ0v) is 12.6. The first-order valence-electron chi connectivity index (χ1n) is 5.63. The van der Waals surface area contributed by atoms with Gasteiger partial charge >= 0.3 is 12.1 Å². The largest absolute Gasteiger partial charge is 0.463 e. The summed E-state index contributed by atoms with van der Waals surface area (Å²) in [4.78, 5) is 11.6. The molecule has 20 heavy (non-hydrogen) atoms. The molecule has 0 aliphatic rings. The molecule has 1 unspecified atom stereocenters. The van der Waals surface area contributed by atoms with Crippen LogP contribution < -0.4 is 0 Å². The molecule has 1 rings (SSSR count). The second-order valence-electron chi connectivity index (χ2n) is 3.81. The van der Waals surface area contributed by atoms with E-state index in [-0.39, 0.29) is 17.7 Å². The van der Waals surface area contributed by atoms with E-state index >= 15 is 0 Å². The molecule has 7 heteroatoms. The molecule has 0 saturated carbocycles. The number of carbonyl (C=O) groups excluding carboxylic acids is 1. The fraction of sp³-hybridized carbons (Fsp3) is 0.308. The third-order valence-electron chi connectivity index (χ3n) is 2.48. The second-order valence-corrected chi connectivity index (χ2v) is 4.43. The molecule has 0 amide bonds. The van der Waals surface area contributed by atoms with E-state index in [2.05, 4.69) is 0 Å². The molecule has 0 saturated heterocycles. The van der Waals surface area contributed by atoms with Crippen LogP contribution in [0.1, 0.15) is 24.2 Å². The van der Waals surface area contributed by atoms with Gasteiger partial charge in [0, 0.05) is 0 Å². The van der Waals surface area contributed by atoms with Crippen LogP contribution in [0.4, 0.5) is 13.2 Å². The standard InChI is InChI=1S/C13H12F3IO3/c1-2-20-12(19)10(7-17)11(18)8-3-5-9(6-4-8)13(14,15)16/h3-7,11,18H,2H2,1H3/b10-7-. The summed E-state index contributed by atoms with van der Waals surface area (Å²) in [5.41, 5.74) is -0.647. The molecule has 0 fully saturated rings. The first kappa shape index (κ1) is 17.0. The third-order valence-corrected chi connectivity index (χ3v) is 3.15. The third kappa shape index (κ3) is 4.20. The van der Waals surface area contributed by atoms with Gasteiger partial charge in [-0.05, 0) is 28.7 Å². The minimum Gasteiger partial charge on any atom is -0.463 e. The lowest BCUT2D eigenvalue weighted by atomic mass is 10.0. The number of ether oxygens (including phenoxy) is 1. The molecule has 1 aromatic carbocycles. The van der Waals surface area contributed by atoms with Gasteiger partial charge in [0.1, 0.15) is 6.10 Å². The van der Waals surface area contributed by atoms with Gasteiger partial charge in [0.25, 0.3) is 0 Å². The zero-order valence-electron chi connectivity index (χ0n) is 10.4. The van der Waals surface area contributed by atoms with Crippen LogP contribution in [-0.2, 0) is 15.7 Å². The minimum atomic E-state index is -4.44. The molecule has 0 aromatic heterocycles. The highest BCUT2D eigenvalue weighted by molar-refractivity contribution is 14.1. The predicted octanol–water partition coefficient (Wildman–Crippen LogP) is 3.62. The smallest absolute Gasteiger partial charge is 0.416 e. The highest BCUT2D eigenvalue weighted by Crippen LogP contribution is 2.31. The molecule has 1 aromatic rings. The summed E-state index contributed by atoms with van der Waals surface area (Å²) in [7, 11) is 0. The van der Waals surface area contributed by atoms with Gasteiger partial charge in [0.15, 0.2) is 0 Å².